The molecule has 3 aromatic heterocycles. The number of pyridine rings is 2. The van der Waals surface area contributed by atoms with Gasteiger partial charge in [-0.05, 0) is 30.3 Å². The Hall–Kier alpha value is -3.60. The van der Waals surface area contributed by atoms with E-state index in [1.54, 1.807) is 65.0 Å². The summed E-state index contributed by atoms with van der Waals surface area (Å²) >= 11 is 0. The molecule has 28 heavy (non-hydrogen) atoms. The van der Waals surface area contributed by atoms with E-state index in [-0.39, 0.29) is 11.5 Å². The van der Waals surface area contributed by atoms with Gasteiger partial charge in [-0.3, -0.25) is 9.38 Å². The van der Waals surface area contributed by atoms with Gasteiger partial charge in [0, 0.05) is 13.2 Å². The highest BCUT2D eigenvalue weighted by molar-refractivity contribution is 5.85. The summed E-state index contributed by atoms with van der Waals surface area (Å²) in [5.41, 5.74) is 0.359. The van der Waals surface area contributed by atoms with Crippen LogP contribution in [0.3, 0.4) is 0 Å². The highest BCUT2D eigenvalue weighted by Crippen LogP contribution is 2.37. The lowest BCUT2D eigenvalue weighted by Gasteiger charge is -2.23. The van der Waals surface area contributed by atoms with Crippen LogP contribution >= 0.6 is 0 Å². The first-order chi connectivity index (χ1) is 13.4. The Bertz CT molecular complexity index is 1210. The number of halogens is 3. The minimum absolute atomic E-state index is 0.0126. The molecule has 0 aliphatic rings. The molecule has 0 atom stereocenters. The maximum atomic E-state index is 13.7. The SMILES string of the molecule is CN(Cc1ccccn1)c1cc(C(F)(F)F)c(C#N)c2nc3ccccc3n12. The molecule has 8 heteroatoms. The van der Waals surface area contributed by atoms with E-state index < -0.39 is 17.3 Å². The van der Waals surface area contributed by atoms with E-state index in [0.717, 1.165) is 6.07 Å². The zero-order chi connectivity index (χ0) is 19.9. The van der Waals surface area contributed by atoms with Gasteiger partial charge in [-0.1, -0.05) is 18.2 Å². The van der Waals surface area contributed by atoms with E-state index in [0.29, 0.717) is 23.3 Å². The summed E-state index contributed by atoms with van der Waals surface area (Å²) in [5.74, 6) is 0.278. The van der Waals surface area contributed by atoms with E-state index in [1.165, 1.54) is 0 Å². The molecule has 0 aliphatic carbocycles. The Morgan fingerprint density at radius 1 is 1.14 bits per heavy atom. The van der Waals surface area contributed by atoms with Gasteiger partial charge in [0.2, 0.25) is 0 Å². The molecular formula is C20H14F3N5. The Morgan fingerprint density at radius 2 is 1.89 bits per heavy atom. The van der Waals surface area contributed by atoms with Crippen molar-refractivity contribution in [2.75, 3.05) is 11.9 Å². The summed E-state index contributed by atoms with van der Waals surface area (Å²) in [6, 6.07) is 15.1. The number of aromatic nitrogens is 3. The highest BCUT2D eigenvalue weighted by atomic mass is 19.4. The number of nitriles is 1. The van der Waals surface area contributed by atoms with E-state index in [4.69, 9.17) is 0 Å². The molecule has 0 saturated carbocycles. The fourth-order valence-electron chi connectivity index (χ4n) is 3.24. The second-order valence-corrected chi connectivity index (χ2v) is 6.34. The first-order valence-electron chi connectivity index (χ1n) is 8.42. The molecule has 0 aliphatic heterocycles. The van der Waals surface area contributed by atoms with Crippen molar-refractivity contribution >= 4 is 22.5 Å². The van der Waals surface area contributed by atoms with E-state index >= 15 is 0 Å². The smallest absolute Gasteiger partial charge is 0.355 e. The number of fused-ring (bicyclic) bond motifs is 3. The Morgan fingerprint density at radius 3 is 2.57 bits per heavy atom. The van der Waals surface area contributed by atoms with Crippen molar-refractivity contribution in [3.63, 3.8) is 0 Å². The molecule has 0 spiro atoms. The third-order valence-electron chi connectivity index (χ3n) is 4.49. The third-order valence-corrected chi connectivity index (χ3v) is 4.49. The molecule has 4 rings (SSSR count). The molecule has 140 valence electrons. The first kappa shape index (κ1) is 17.8. The van der Waals surface area contributed by atoms with E-state index in [2.05, 4.69) is 9.97 Å². The van der Waals surface area contributed by atoms with Crippen molar-refractivity contribution in [1.29, 1.82) is 5.26 Å². The largest absolute Gasteiger partial charge is 0.417 e. The number of hydrogen-bond acceptors (Lipinski definition) is 4. The van der Waals surface area contributed by atoms with Crippen LogP contribution in [0.15, 0.2) is 54.7 Å². The fraction of sp³-hybridized carbons (Fsp3) is 0.150. The minimum Gasteiger partial charge on any atom is -0.355 e. The molecule has 0 radical (unpaired) electrons. The number of para-hydroxylation sites is 2. The fourth-order valence-corrected chi connectivity index (χ4v) is 3.24. The van der Waals surface area contributed by atoms with Crippen LogP contribution in [0.5, 0.6) is 0 Å². The van der Waals surface area contributed by atoms with Crippen LogP contribution < -0.4 is 4.90 Å². The molecule has 0 bridgehead atoms. The van der Waals surface area contributed by atoms with Crippen molar-refractivity contribution in [2.45, 2.75) is 12.7 Å². The van der Waals surface area contributed by atoms with Crippen LogP contribution in [0.2, 0.25) is 0 Å². The third kappa shape index (κ3) is 2.91. The van der Waals surface area contributed by atoms with Crippen LogP contribution in [-0.4, -0.2) is 21.4 Å². The summed E-state index contributed by atoms with van der Waals surface area (Å²) in [6.45, 7) is 0.297. The topological polar surface area (TPSA) is 57.2 Å². The first-order valence-corrected chi connectivity index (χ1v) is 8.42. The molecule has 0 fully saturated rings. The summed E-state index contributed by atoms with van der Waals surface area (Å²) in [7, 11) is 1.68. The Balaban J connectivity index is 2.02. The lowest BCUT2D eigenvalue weighted by Crippen LogP contribution is -2.22. The number of imidazole rings is 1. The molecular weight excluding hydrogens is 367 g/mol. The van der Waals surface area contributed by atoms with Gasteiger partial charge < -0.3 is 4.90 Å². The zero-order valence-electron chi connectivity index (χ0n) is 14.8. The van der Waals surface area contributed by atoms with Crippen molar-refractivity contribution < 1.29 is 13.2 Å². The number of rotatable bonds is 3. The summed E-state index contributed by atoms with van der Waals surface area (Å²) < 4.78 is 42.6. The van der Waals surface area contributed by atoms with Gasteiger partial charge >= 0.3 is 6.18 Å². The highest BCUT2D eigenvalue weighted by Gasteiger charge is 2.36. The van der Waals surface area contributed by atoms with Crippen LogP contribution in [0.1, 0.15) is 16.8 Å². The van der Waals surface area contributed by atoms with Gasteiger partial charge in [-0.2, -0.15) is 18.4 Å². The van der Waals surface area contributed by atoms with Gasteiger partial charge in [0.25, 0.3) is 0 Å². The minimum atomic E-state index is -4.68. The number of benzene rings is 1. The predicted molar refractivity (Wildman–Crippen MR) is 98.8 cm³/mol. The molecule has 5 nitrogen and oxygen atoms in total. The molecule has 0 amide bonds. The molecule has 4 aromatic rings. The van der Waals surface area contributed by atoms with Crippen LogP contribution in [-0.2, 0) is 12.7 Å². The molecule has 3 heterocycles. The molecule has 0 N–H and O–H groups in total. The van der Waals surface area contributed by atoms with Crippen molar-refractivity contribution in [1.82, 2.24) is 14.4 Å². The quantitative estimate of drug-likeness (QED) is 0.528. The van der Waals surface area contributed by atoms with Gasteiger partial charge in [0.15, 0.2) is 5.65 Å². The second-order valence-electron chi connectivity index (χ2n) is 6.34. The maximum absolute atomic E-state index is 13.7. The van der Waals surface area contributed by atoms with Crippen molar-refractivity contribution in [3.8, 4) is 6.07 Å². The summed E-state index contributed by atoms with van der Waals surface area (Å²) in [5, 5.41) is 9.44. The maximum Gasteiger partial charge on any atom is 0.417 e. The summed E-state index contributed by atoms with van der Waals surface area (Å²) in [4.78, 5) is 10.2. The average molecular weight is 381 g/mol. The van der Waals surface area contributed by atoms with Crippen LogP contribution in [0.4, 0.5) is 19.0 Å². The molecule has 1 aromatic carbocycles. The van der Waals surface area contributed by atoms with Gasteiger partial charge in [0.1, 0.15) is 17.5 Å². The Kier molecular flexibility index (Phi) is 4.15. The van der Waals surface area contributed by atoms with Crippen LogP contribution in [0.25, 0.3) is 16.7 Å². The van der Waals surface area contributed by atoms with Gasteiger partial charge in [0.05, 0.1) is 28.8 Å². The lowest BCUT2D eigenvalue weighted by atomic mass is 10.1. The number of anilines is 1. The van der Waals surface area contributed by atoms with Crippen molar-refractivity contribution in [3.05, 3.63) is 71.5 Å². The standard InChI is InChI=1S/C20H14F3N5/c1-27(12-13-6-4-5-9-25-13)18-10-15(20(21,22)23)14(11-24)19-26-16-7-2-3-8-17(16)28(18)19/h2-10H,12H2,1H3. The molecule has 0 unspecified atom stereocenters. The Labute approximate surface area is 158 Å². The number of alkyl halides is 3. The summed E-state index contributed by atoms with van der Waals surface area (Å²) in [6.07, 6.45) is -3.04. The molecule has 0 saturated heterocycles. The predicted octanol–water partition coefficient (Wildman–Crippen LogP) is 4.41. The van der Waals surface area contributed by atoms with E-state index in [9.17, 15) is 18.4 Å². The normalized spacial score (nSPS) is 11.7. The van der Waals surface area contributed by atoms with Gasteiger partial charge in [-0.15, -0.1) is 0 Å². The van der Waals surface area contributed by atoms with Gasteiger partial charge in [-0.25, -0.2) is 4.98 Å². The van der Waals surface area contributed by atoms with Crippen LogP contribution in [0, 0.1) is 11.3 Å². The monoisotopic (exact) mass is 381 g/mol. The average Bonchev–Trinajstić information content (AvgIpc) is 3.06. The number of nitrogens with zero attached hydrogens (tertiary/aromatic N) is 5. The van der Waals surface area contributed by atoms with E-state index in [1.807, 2.05) is 6.07 Å². The lowest BCUT2D eigenvalue weighted by molar-refractivity contribution is -0.137. The van der Waals surface area contributed by atoms with Crippen molar-refractivity contribution in [2.24, 2.45) is 0 Å². The number of hydrogen-bond donors (Lipinski definition) is 0. The zero-order valence-corrected chi connectivity index (χ0v) is 14.8. The second kappa shape index (κ2) is 6.53.